The number of rotatable bonds is 4. The maximum Gasteiger partial charge on any atom is 0.238 e. The fraction of sp³-hybridized carbons (Fsp3) is 0. The fourth-order valence-electron chi connectivity index (χ4n) is 9.31. The molecule has 0 radical (unpaired) electrons. The van der Waals surface area contributed by atoms with Gasteiger partial charge in [-0.1, -0.05) is 133 Å². The van der Waals surface area contributed by atoms with Crippen LogP contribution in [0.2, 0.25) is 0 Å². The van der Waals surface area contributed by atoms with Gasteiger partial charge >= 0.3 is 0 Å². The Hall–Kier alpha value is -8.09. The maximum absolute atomic E-state index is 6.79. The highest BCUT2D eigenvalue weighted by atomic mass is 16.3. The molecule has 0 fully saturated rings. The molecule has 0 atom stereocenters. The number of hydrogen-bond donors (Lipinski definition) is 0. The van der Waals surface area contributed by atoms with Crippen LogP contribution in [0.4, 0.5) is 0 Å². The quantitative estimate of drug-likeness (QED) is 0.180. The van der Waals surface area contributed by atoms with Crippen LogP contribution in [0.3, 0.4) is 0 Å². The SMILES string of the molecule is c1ccc(-c2nc(-c3ccc4oc5cc(-n6c7ccccc7c7cc8ccccc8cc76)c6ccccc6c5c4c3)nc(-n3c4ccccc4c4ccccc43)n2)cc1. The molecule has 0 aliphatic carbocycles. The second-order valence-electron chi connectivity index (χ2n) is 15.2. The van der Waals surface area contributed by atoms with Gasteiger partial charge in [0.15, 0.2) is 11.6 Å². The first-order chi connectivity index (χ1) is 29.2. The highest BCUT2D eigenvalue weighted by Crippen LogP contribution is 2.43. The summed E-state index contributed by atoms with van der Waals surface area (Å²) >= 11 is 0. The van der Waals surface area contributed by atoms with E-state index >= 15 is 0 Å². The lowest BCUT2D eigenvalue weighted by atomic mass is 10.0. The number of benzene rings is 9. The van der Waals surface area contributed by atoms with E-state index in [-0.39, 0.29) is 0 Å². The predicted molar refractivity (Wildman–Crippen MR) is 242 cm³/mol. The van der Waals surface area contributed by atoms with Crippen LogP contribution in [0.15, 0.2) is 192 Å². The first-order valence-corrected chi connectivity index (χ1v) is 19.9. The van der Waals surface area contributed by atoms with Gasteiger partial charge in [-0.3, -0.25) is 4.57 Å². The summed E-state index contributed by atoms with van der Waals surface area (Å²) in [6.07, 6.45) is 0. The molecule has 0 saturated heterocycles. The molecule has 0 aliphatic rings. The molecule has 13 rings (SSSR count). The van der Waals surface area contributed by atoms with Gasteiger partial charge in [-0.15, -0.1) is 0 Å². The van der Waals surface area contributed by atoms with Crippen LogP contribution in [0, 0.1) is 0 Å². The second kappa shape index (κ2) is 12.2. The zero-order chi connectivity index (χ0) is 38.6. The van der Waals surface area contributed by atoms with E-state index in [1.165, 1.54) is 21.5 Å². The van der Waals surface area contributed by atoms with E-state index in [9.17, 15) is 0 Å². The van der Waals surface area contributed by atoms with E-state index in [2.05, 4.69) is 167 Å². The zero-order valence-electron chi connectivity index (χ0n) is 31.5. The van der Waals surface area contributed by atoms with Crippen LogP contribution in [-0.2, 0) is 0 Å². The molecule has 6 nitrogen and oxygen atoms in total. The van der Waals surface area contributed by atoms with E-state index in [1.807, 2.05) is 30.3 Å². The lowest BCUT2D eigenvalue weighted by Crippen LogP contribution is -2.06. The van der Waals surface area contributed by atoms with E-state index in [1.54, 1.807) is 0 Å². The Morgan fingerprint density at radius 2 is 0.898 bits per heavy atom. The number of aromatic nitrogens is 5. The van der Waals surface area contributed by atoms with Crippen molar-refractivity contribution in [2.75, 3.05) is 0 Å². The van der Waals surface area contributed by atoms with Crippen molar-refractivity contribution in [2.24, 2.45) is 0 Å². The van der Waals surface area contributed by atoms with Gasteiger partial charge in [-0.2, -0.15) is 9.97 Å². The molecule has 274 valence electrons. The molecule has 59 heavy (non-hydrogen) atoms. The van der Waals surface area contributed by atoms with E-state index in [0.717, 1.165) is 82.4 Å². The molecule has 0 spiro atoms. The Morgan fingerprint density at radius 1 is 0.339 bits per heavy atom. The summed E-state index contributed by atoms with van der Waals surface area (Å²) in [4.78, 5) is 15.5. The zero-order valence-corrected chi connectivity index (χ0v) is 31.5. The molecule has 0 bridgehead atoms. The van der Waals surface area contributed by atoms with Crippen molar-refractivity contribution < 1.29 is 4.42 Å². The number of furan rings is 1. The Labute approximate surface area is 336 Å². The van der Waals surface area contributed by atoms with Gasteiger partial charge in [0.2, 0.25) is 5.95 Å². The van der Waals surface area contributed by atoms with Crippen LogP contribution in [0.1, 0.15) is 0 Å². The van der Waals surface area contributed by atoms with Gasteiger partial charge in [-0.05, 0) is 64.7 Å². The third-order valence-corrected chi connectivity index (χ3v) is 11.9. The average molecular weight is 754 g/mol. The van der Waals surface area contributed by atoms with Crippen molar-refractivity contribution in [1.29, 1.82) is 0 Å². The normalized spacial score (nSPS) is 12.1. The van der Waals surface area contributed by atoms with Crippen molar-refractivity contribution in [3.05, 3.63) is 188 Å². The molecule has 0 aliphatic heterocycles. The average Bonchev–Trinajstić information content (AvgIpc) is 3.95. The van der Waals surface area contributed by atoms with Crippen molar-refractivity contribution in [2.45, 2.75) is 0 Å². The molecular weight excluding hydrogens is 723 g/mol. The van der Waals surface area contributed by atoms with Gasteiger partial charge < -0.3 is 8.98 Å². The Kier molecular flexibility index (Phi) is 6.63. The predicted octanol–water partition coefficient (Wildman–Crippen LogP) is 13.6. The van der Waals surface area contributed by atoms with E-state index < -0.39 is 0 Å². The smallest absolute Gasteiger partial charge is 0.238 e. The summed E-state index contributed by atoms with van der Waals surface area (Å²) in [5.41, 5.74) is 8.91. The molecular formula is C53H31N5O. The number of hydrogen-bond acceptors (Lipinski definition) is 4. The summed E-state index contributed by atoms with van der Waals surface area (Å²) < 4.78 is 11.3. The van der Waals surface area contributed by atoms with Gasteiger partial charge in [0.25, 0.3) is 0 Å². The Bertz CT molecular complexity index is 3800. The molecule has 0 unspecified atom stereocenters. The standard InChI is InChI=1S/C53H31N5O/c1-2-14-32(15-3-1)51-54-52(56-53(55-51)58-44-24-12-8-18-36(44)37-19-9-13-25-45(37)58)35-26-27-48-42(29-35)50-40-22-7-6-20-38(40)47(31-49(50)59-48)57-43-23-11-10-21-39(43)41-28-33-16-4-5-17-34(33)30-46(41)57/h1-31H. The van der Waals surface area contributed by atoms with Gasteiger partial charge in [0.05, 0.1) is 27.8 Å². The first-order valence-electron chi connectivity index (χ1n) is 19.9. The monoisotopic (exact) mass is 753 g/mol. The van der Waals surface area contributed by atoms with Crippen LogP contribution in [0.25, 0.3) is 122 Å². The Morgan fingerprint density at radius 3 is 1.61 bits per heavy atom. The van der Waals surface area contributed by atoms with Crippen molar-refractivity contribution >= 4 is 87.1 Å². The summed E-state index contributed by atoms with van der Waals surface area (Å²) in [5, 5.41) is 11.5. The molecule has 0 N–H and O–H groups in total. The van der Waals surface area contributed by atoms with E-state index in [4.69, 9.17) is 19.4 Å². The van der Waals surface area contributed by atoms with E-state index in [0.29, 0.717) is 17.6 Å². The number of fused-ring (bicyclic) bond motifs is 12. The third-order valence-electron chi connectivity index (χ3n) is 11.9. The maximum atomic E-state index is 6.79. The second-order valence-corrected chi connectivity index (χ2v) is 15.2. The number of nitrogens with zero attached hydrogens (tertiary/aromatic N) is 5. The highest BCUT2D eigenvalue weighted by Gasteiger charge is 2.22. The molecule has 4 aromatic heterocycles. The van der Waals surface area contributed by atoms with Crippen LogP contribution >= 0.6 is 0 Å². The summed E-state index contributed by atoms with van der Waals surface area (Å²) in [7, 11) is 0. The van der Waals surface area contributed by atoms with Crippen molar-refractivity contribution in [3.63, 3.8) is 0 Å². The lowest BCUT2D eigenvalue weighted by molar-refractivity contribution is 0.669. The lowest BCUT2D eigenvalue weighted by Gasteiger charge is -2.13. The molecule has 0 amide bonds. The summed E-state index contributed by atoms with van der Waals surface area (Å²) in [5.74, 6) is 1.77. The molecule has 4 heterocycles. The largest absolute Gasteiger partial charge is 0.456 e. The number of para-hydroxylation sites is 3. The van der Waals surface area contributed by atoms with Crippen LogP contribution in [0.5, 0.6) is 0 Å². The molecule has 9 aromatic carbocycles. The minimum absolute atomic E-state index is 0.567. The minimum atomic E-state index is 0.567. The third kappa shape index (κ3) is 4.71. The van der Waals surface area contributed by atoms with Gasteiger partial charge in [0.1, 0.15) is 11.2 Å². The highest BCUT2D eigenvalue weighted by molar-refractivity contribution is 6.22. The van der Waals surface area contributed by atoms with Crippen molar-refractivity contribution in [1.82, 2.24) is 24.1 Å². The first kappa shape index (κ1) is 32.0. The summed E-state index contributed by atoms with van der Waals surface area (Å²) in [6, 6.07) is 66.1. The topological polar surface area (TPSA) is 61.7 Å². The molecule has 13 aromatic rings. The minimum Gasteiger partial charge on any atom is -0.456 e. The van der Waals surface area contributed by atoms with Crippen LogP contribution in [-0.4, -0.2) is 24.1 Å². The fourth-order valence-corrected chi connectivity index (χ4v) is 9.31. The molecule has 0 saturated carbocycles. The van der Waals surface area contributed by atoms with Crippen molar-refractivity contribution in [3.8, 4) is 34.4 Å². The Balaban J connectivity index is 1.06. The van der Waals surface area contributed by atoms with Gasteiger partial charge in [-0.25, -0.2) is 4.98 Å². The summed E-state index contributed by atoms with van der Waals surface area (Å²) in [6.45, 7) is 0. The van der Waals surface area contributed by atoms with Crippen LogP contribution < -0.4 is 0 Å². The molecule has 6 heteroatoms. The van der Waals surface area contributed by atoms with Gasteiger partial charge in [0, 0.05) is 54.9 Å².